The molecule has 3 aliphatic rings. The highest BCUT2D eigenvalue weighted by Crippen LogP contribution is 2.49. The zero-order valence-electron chi connectivity index (χ0n) is 12.2. The van der Waals surface area contributed by atoms with Gasteiger partial charge in [0.1, 0.15) is 5.75 Å². The van der Waals surface area contributed by atoms with E-state index in [1.54, 1.807) is 18.1 Å². The van der Waals surface area contributed by atoms with Gasteiger partial charge in [-0.1, -0.05) is 6.42 Å². The Morgan fingerprint density at radius 2 is 2.10 bits per heavy atom. The molecule has 21 heavy (non-hydrogen) atoms. The molecular weight excluding hydrogens is 266 g/mol. The molecule has 0 spiro atoms. The van der Waals surface area contributed by atoms with E-state index in [0.29, 0.717) is 23.8 Å². The third-order valence-electron chi connectivity index (χ3n) is 5.48. The molecular formula is C17H19NO3. The van der Waals surface area contributed by atoms with Gasteiger partial charge in [-0.15, -0.1) is 0 Å². The summed E-state index contributed by atoms with van der Waals surface area (Å²) in [6, 6.07) is 5.33. The summed E-state index contributed by atoms with van der Waals surface area (Å²) in [5, 5.41) is 0. The Morgan fingerprint density at radius 3 is 2.76 bits per heavy atom. The van der Waals surface area contributed by atoms with Crippen molar-refractivity contribution in [3.05, 3.63) is 23.8 Å². The number of carbonyl (C=O) groups is 2. The molecule has 1 aromatic carbocycles. The monoisotopic (exact) mass is 285 g/mol. The predicted molar refractivity (Wildman–Crippen MR) is 78.6 cm³/mol. The van der Waals surface area contributed by atoms with E-state index in [1.165, 1.54) is 25.7 Å². The third kappa shape index (κ3) is 1.88. The number of benzene rings is 1. The molecule has 3 unspecified atom stereocenters. The highest BCUT2D eigenvalue weighted by Gasteiger charge is 2.43. The van der Waals surface area contributed by atoms with Crippen LogP contribution in [0.4, 0.5) is 5.69 Å². The van der Waals surface area contributed by atoms with E-state index in [9.17, 15) is 9.59 Å². The van der Waals surface area contributed by atoms with Crippen molar-refractivity contribution in [1.82, 2.24) is 0 Å². The summed E-state index contributed by atoms with van der Waals surface area (Å²) in [6.45, 7) is 0.699. The standard InChI is InChI=1S/C17H19NO3/c1-21-13-4-5-15-14(8-13)16(19)17(20)18(15)9-12-7-10-2-3-11(12)6-10/h4-5,8,10-12H,2-3,6-7,9H2,1H3. The molecule has 110 valence electrons. The van der Waals surface area contributed by atoms with Gasteiger partial charge in [0.15, 0.2) is 0 Å². The molecule has 1 aliphatic heterocycles. The number of nitrogens with zero attached hydrogens (tertiary/aromatic N) is 1. The fraction of sp³-hybridized carbons (Fsp3) is 0.529. The van der Waals surface area contributed by atoms with E-state index in [4.69, 9.17) is 4.74 Å². The van der Waals surface area contributed by atoms with Crippen LogP contribution in [0.3, 0.4) is 0 Å². The van der Waals surface area contributed by atoms with Gasteiger partial charge in [0.2, 0.25) is 0 Å². The Kier molecular flexibility index (Phi) is 2.81. The first-order valence-electron chi connectivity index (χ1n) is 7.71. The summed E-state index contributed by atoms with van der Waals surface area (Å²) in [5.74, 6) is 2.02. The number of amides is 1. The molecule has 0 aromatic heterocycles. The van der Waals surface area contributed by atoms with Crippen LogP contribution in [0, 0.1) is 17.8 Å². The summed E-state index contributed by atoms with van der Waals surface area (Å²) in [7, 11) is 1.57. The van der Waals surface area contributed by atoms with E-state index in [0.717, 1.165) is 17.5 Å². The van der Waals surface area contributed by atoms with Crippen molar-refractivity contribution in [2.24, 2.45) is 17.8 Å². The molecule has 4 heteroatoms. The fourth-order valence-electron chi connectivity index (χ4n) is 4.42. The molecule has 1 aromatic rings. The van der Waals surface area contributed by atoms with Crippen LogP contribution in [0.25, 0.3) is 0 Å². The van der Waals surface area contributed by atoms with Crippen molar-refractivity contribution < 1.29 is 14.3 Å². The smallest absolute Gasteiger partial charge is 0.299 e. The van der Waals surface area contributed by atoms with Gasteiger partial charge in [0.25, 0.3) is 11.7 Å². The lowest BCUT2D eigenvalue weighted by Gasteiger charge is -2.27. The Labute approximate surface area is 124 Å². The van der Waals surface area contributed by atoms with E-state index in [2.05, 4.69) is 0 Å². The van der Waals surface area contributed by atoms with E-state index >= 15 is 0 Å². The number of Topliss-reactive ketones (excluding diaryl/α,β-unsaturated/α-hetero) is 1. The lowest BCUT2D eigenvalue weighted by atomic mass is 9.88. The number of anilines is 1. The molecule has 2 aliphatic carbocycles. The van der Waals surface area contributed by atoms with Gasteiger partial charge >= 0.3 is 0 Å². The topological polar surface area (TPSA) is 46.6 Å². The van der Waals surface area contributed by atoms with Crippen LogP contribution in [-0.2, 0) is 4.79 Å². The first kappa shape index (κ1) is 12.9. The molecule has 4 rings (SSSR count). The second kappa shape index (κ2) is 4.58. The Bertz CT molecular complexity index is 624. The van der Waals surface area contributed by atoms with Gasteiger partial charge in [-0.05, 0) is 55.2 Å². The predicted octanol–water partition coefficient (Wildman–Crippen LogP) is 2.66. The number of rotatable bonds is 3. The summed E-state index contributed by atoms with van der Waals surface area (Å²) in [4.78, 5) is 26.2. The quantitative estimate of drug-likeness (QED) is 0.802. The van der Waals surface area contributed by atoms with Gasteiger partial charge in [0.05, 0.1) is 18.4 Å². The first-order valence-corrected chi connectivity index (χ1v) is 7.71. The zero-order chi connectivity index (χ0) is 14.6. The Hall–Kier alpha value is -1.84. The first-order chi connectivity index (χ1) is 10.2. The molecule has 1 amide bonds. The highest BCUT2D eigenvalue weighted by molar-refractivity contribution is 6.52. The van der Waals surface area contributed by atoms with Crippen molar-refractivity contribution in [2.75, 3.05) is 18.6 Å². The summed E-state index contributed by atoms with van der Waals surface area (Å²) in [6.07, 6.45) is 5.17. The maximum absolute atomic E-state index is 12.3. The second-order valence-electron chi connectivity index (χ2n) is 6.56. The van der Waals surface area contributed by atoms with E-state index < -0.39 is 5.78 Å². The lowest BCUT2D eigenvalue weighted by Crippen LogP contribution is -2.36. The minimum absolute atomic E-state index is 0.374. The van der Waals surface area contributed by atoms with Gasteiger partial charge in [-0.25, -0.2) is 0 Å². The number of ketones is 1. The lowest BCUT2D eigenvalue weighted by molar-refractivity contribution is -0.114. The van der Waals surface area contributed by atoms with Crippen LogP contribution >= 0.6 is 0 Å². The molecule has 0 saturated heterocycles. The number of hydrogen-bond donors (Lipinski definition) is 0. The molecule has 1 heterocycles. The van der Waals surface area contributed by atoms with Gasteiger partial charge in [-0.2, -0.15) is 0 Å². The van der Waals surface area contributed by atoms with Crippen LogP contribution < -0.4 is 9.64 Å². The maximum atomic E-state index is 12.3. The number of methoxy groups -OCH3 is 1. The zero-order valence-corrected chi connectivity index (χ0v) is 12.2. The van der Waals surface area contributed by atoms with Crippen LogP contribution in [-0.4, -0.2) is 25.3 Å². The maximum Gasteiger partial charge on any atom is 0.299 e. The number of fused-ring (bicyclic) bond motifs is 3. The van der Waals surface area contributed by atoms with Crippen molar-refractivity contribution >= 4 is 17.4 Å². The van der Waals surface area contributed by atoms with Gasteiger partial charge < -0.3 is 9.64 Å². The van der Waals surface area contributed by atoms with Crippen molar-refractivity contribution in [3.63, 3.8) is 0 Å². The molecule has 0 N–H and O–H groups in total. The van der Waals surface area contributed by atoms with Crippen molar-refractivity contribution in [3.8, 4) is 5.75 Å². The second-order valence-corrected chi connectivity index (χ2v) is 6.56. The molecule has 3 atom stereocenters. The summed E-state index contributed by atoms with van der Waals surface area (Å²) in [5.41, 5.74) is 1.25. The van der Waals surface area contributed by atoms with Crippen LogP contribution in [0.1, 0.15) is 36.0 Å². The number of ether oxygens (including phenoxy) is 1. The molecule has 0 radical (unpaired) electrons. The molecule has 4 nitrogen and oxygen atoms in total. The highest BCUT2D eigenvalue weighted by atomic mass is 16.5. The van der Waals surface area contributed by atoms with Crippen LogP contribution in [0.15, 0.2) is 18.2 Å². The summed E-state index contributed by atoms with van der Waals surface area (Å²) < 4.78 is 5.15. The summed E-state index contributed by atoms with van der Waals surface area (Å²) >= 11 is 0. The molecule has 2 fully saturated rings. The van der Waals surface area contributed by atoms with Crippen LogP contribution in [0.5, 0.6) is 5.75 Å². The minimum atomic E-state index is -0.396. The van der Waals surface area contributed by atoms with Crippen molar-refractivity contribution in [1.29, 1.82) is 0 Å². The van der Waals surface area contributed by atoms with Gasteiger partial charge in [0, 0.05) is 6.54 Å². The average molecular weight is 285 g/mol. The molecule has 2 saturated carbocycles. The number of carbonyl (C=O) groups excluding carboxylic acids is 2. The van der Waals surface area contributed by atoms with E-state index in [-0.39, 0.29) is 5.91 Å². The van der Waals surface area contributed by atoms with E-state index in [1.807, 2.05) is 12.1 Å². The van der Waals surface area contributed by atoms with Gasteiger partial charge in [-0.3, -0.25) is 9.59 Å². The van der Waals surface area contributed by atoms with Crippen LogP contribution in [0.2, 0.25) is 0 Å². The average Bonchev–Trinajstić information content (AvgIpc) is 3.18. The minimum Gasteiger partial charge on any atom is -0.497 e. The largest absolute Gasteiger partial charge is 0.497 e. The fourth-order valence-corrected chi connectivity index (χ4v) is 4.42. The SMILES string of the molecule is COc1ccc2c(c1)C(=O)C(=O)N2CC1CC2CCC1C2. The Morgan fingerprint density at radius 1 is 1.24 bits per heavy atom. The normalized spacial score (nSPS) is 30.1. The Balaban J connectivity index is 1.62. The number of hydrogen-bond acceptors (Lipinski definition) is 3. The van der Waals surface area contributed by atoms with Crippen molar-refractivity contribution in [2.45, 2.75) is 25.7 Å². The molecule has 2 bridgehead atoms. The third-order valence-corrected chi connectivity index (χ3v) is 5.48.